The molecule has 0 saturated carbocycles. The molecule has 0 aromatic heterocycles. The fourth-order valence-corrected chi connectivity index (χ4v) is 4.41. The first kappa shape index (κ1) is 22.6. The number of hydrogen-bond acceptors (Lipinski definition) is 4. The van der Waals surface area contributed by atoms with E-state index in [1.807, 2.05) is 30.3 Å². The van der Waals surface area contributed by atoms with E-state index in [9.17, 15) is 23.1 Å². The summed E-state index contributed by atoms with van der Waals surface area (Å²) in [7, 11) is 0. The van der Waals surface area contributed by atoms with Gasteiger partial charge >= 0.3 is 6.18 Å². The molecule has 1 aliphatic heterocycles. The van der Waals surface area contributed by atoms with Crippen LogP contribution in [-0.4, -0.2) is 17.4 Å². The minimum Gasteiger partial charge on any atom is -0.356 e. The van der Waals surface area contributed by atoms with E-state index >= 15 is 0 Å². The second kappa shape index (κ2) is 9.12. The summed E-state index contributed by atoms with van der Waals surface area (Å²) in [6.45, 7) is 0. The molecular weight excluding hydrogens is 431 g/mol. The van der Waals surface area contributed by atoms with Crippen molar-refractivity contribution < 1.29 is 23.1 Å². The summed E-state index contributed by atoms with van der Waals surface area (Å²) >= 11 is 0. The Morgan fingerprint density at radius 2 is 1.88 bits per heavy atom. The van der Waals surface area contributed by atoms with Crippen LogP contribution in [0.4, 0.5) is 13.2 Å². The van der Waals surface area contributed by atoms with Gasteiger partial charge in [-0.25, -0.2) is 0 Å². The summed E-state index contributed by atoms with van der Waals surface area (Å²) in [5, 5.41) is 24.4. The monoisotopic (exact) mass is 453 g/mol. The van der Waals surface area contributed by atoms with Gasteiger partial charge in [-0.2, -0.15) is 18.4 Å². The van der Waals surface area contributed by atoms with E-state index in [2.05, 4.69) is 10.6 Å². The molecule has 33 heavy (non-hydrogen) atoms. The van der Waals surface area contributed by atoms with Crippen LogP contribution in [-0.2, 0) is 17.4 Å². The van der Waals surface area contributed by atoms with Crippen molar-refractivity contribution in [1.82, 2.24) is 10.6 Å². The molecule has 2 aromatic rings. The Bertz CT molecular complexity index is 1160. The minimum absolute atomic E-state index is 0.0394. The molecule has 2 aromatic carbocycles. The van der Waals surface area contributed by atoms with Crippen LogP contribution < -0.4 is 10.6 Å². The number of nitrogens with one attached hydrogen (secondary N) is 2. The van der Waals surface area contributed by atoms with Gasteiger partial charge < -0.3 is 15.7 Å². The zero-order valence-corrected chi connectivity index (χ0v) is 17.6. The van der Waals surface area contributed by atoms with Crippen LogP contribution >= 0.6 is 0 Å². The van der Waals surface area contributed by atoms with Crippen LogP contribution in [0.2, 0.25) is 0 Å². The lowest BCUT2D eigenvalue weighted by Crippen LogP contribution is -2.52. The lowest BCUT2D eigenvalue weighted by Gasteiger charge is -2.33. The molecule has 0 spiro atoms. The van der Waals surface area contributed by atoms with Crippen LogP contribution in [0.15, 0.2) is 65.9 Å². The Morgan fingerprint density at radius 1 is 1.12 bits per heavy atom. The summed E-state index contributed by atoms with van der Waals surface area (Å²) in [6.07, 6.45) is -2.33. The molecule has 2 unspecified atom stereocenters. The summed E-state index contributed by atoms with van der Waals surface area (Å²) in [5.74, 6) is -0.498. The van der Waals surface area contributed by atoms with E-state index in [-0.39, 0.29) is 23.0 Å². The summed E-state index contributed by atoms with van der Waals surface area (Å²) in [5.41, 5.74) is 1.87. The van der Waals surface area contributed by atoms with Gasteiger partial charge in [0.1, 0.15) is 0 Å². The lowest BCUT2D eigenvalue weighted by molar-refractivity contribution is -0.137. The summed E-state index contributed by atoms with van der Waals surface area (Å²) in [6, 6.07) is 14.8. The molecule has 0 bridgehead atoms. The molecule has 0 radical (unpaired) electrons. The zero-order chi connectivity index (χ0) is 23.6. The number of nitrogens with zero attached hydrogens (tertiary/aromatic N) is 1. The number of amides is 1. The second-order valence-electron chi connectivity index (χ2n) is 8.15. The quantitative estimate of drug-likeness (QED) is 0.646. The molecule has 170 valence electrons. The molecule has 0 fully saturated rings. The highest BCUT2D eigenvalue weighted by molar-refractivity contribution is 5.95. The number of halogens is 3. The van der Waals surface area contributed by atoms with Gasteiger partial charge in [0.2, 0.25) is 6.35 Å². The van der Waals surface area contributed by atoms with Gasteiger partial charge in [-0.05, 0) is 48.1 Å². The number of aliphatic hydroxyl groups excluding tert-OH is 1. The fraction of sp³-hybridized carbons (Fsp3) is 0.280. The Hall–Kier alpha value is -3.57. The van der Waals surface area contributed by atoms with Crippen LogP contribution in [0.25, 0.3) is 5.57 Å². The van der Waals surface area contributed by atoms with Gasteiger partial charge in [-0.3, -0.25) is 4.79 Å². The van der Waals surface area contributed by atoms with Crippen molar-refractivity contribution in [3.8, 4) is 6.07 Å². The highest BCUT2D eigenvalue weighted by Crippen LogP contribution is 2.41. The fourth-order valence-electron chi connectivity index (χ4n) is 4.41. The van der Waals surface area contributed by atoms with E-state index in [0.29, 0.717) is 42.5 Å². The largest absolute Gasteiger partial charge is 0.417 e. The second-order valence-corrected chi connectivity index (χ2v) is 8.15. The average molecular weight is 453 g/mol. The lowest BCUT2D eigenvalue weighted by atomic mass is 9.81. The van der Waals surface area contributed by atoms with Gasteiger partial charge in [-0.1, -0.05) is 42.5 Å². The number of allylic oxidation sites excluding steroid dienone is 3. The molecule has 1 aliphatic carbocycles. The molecule has 2 aliphatic rings. The average Bonchev–Trinajstić information content (AvgIpc) is 2.80. The van der Waals surface area contributed by atoms with Crippen LogP contribution in [0.1, 0.15) is 41.5 Å². The third-order valence-corrected chi connectivity index (χ3v) is 6.00. The summed E-state index contributed by atoms with van der Waals surface area (Å²) < 4.78 is 40.8. The van der Waals surface area contributed by atoms with E-state index < -0.39 is 18.1 Å². The number of hydrogen-bond donors (Lipinski definition) is 3. The van der Waals surface area contributed by atoms with Crippen LogP contribution in [0.3, 0.4) is 0 Å². The predicted octanol–water partition coefficient (Wildman–Crippen LogP) is 4.25. The molecule has 4 rings (SSSR count). The Balaban J connectivity index is 1.64. The van der Waals surface area contributed by atoms with Crippen molar-refractivity contribution in [2.24, 2.45) is 5.92 Å². The minimum atomic E-state index is -4.57. The number of alkyl halides is 3. The normalized spacial score (nSPS) is 21.1. The Kier molecular flexibility index (Phi) is 6.25. The third kappa shape index (κ3) is 4.94. The standard InChI is InChI=1S/C25H22F3N3O2/c26-25(27,28)21-13-16(14-29)6-11-19(21)17-7-9-18(10-8-17)22-20(23(32)31-24(33)30-22)12-15-4-2-1-3-5-15/h1-7,11,13,18,24,30,33H,8-10,12H2,(H,31,32). The molecule has 2 atom stereocenters. The highest BCUT2D eigenvalue weighted by Gasteiger charge is 2.36. The van der Waals surface area contributed by atoms with E-state index in [0.717, 1.165) is 11.6 Å². The van der Waals surface area contributed by atoms with Crippen molar-refractivity contribution in [2.75, 3.05) is 0 Å². The molecule has 0 saturated heterocycles. The van der Waals surface area contributed by atoms with Gasteiger partial charge in [0.05, 0.1) is 17.2 Å². The highest BCUT2D eigenvalue weighted by atomic mass is 19.4. The third-order valence-electron chi connectivity index (χ3n) is 6.00. The Morgan fingerprint density at radius 3 is 2.52 bits per heavy atom. The van der Waals surface area contributed by atoms with Gasteiger partial charge in [-0.15, -0.1) is 0 Å². The maximum atomic E-state index is 13.6. The zero-order valence-electron chi connectivity index (χ0n) is 17.6. The first-order valence-electron chi connectivity index (χ1n) is 10.6. The number of carbonyl (C=O) groups is 1. The number of carbonyl (C=O) groups excluding carboxylic acids is 1. The van der Waals surface area contributed by atoms with Crippen molar-refractivity contribution in [2.45, 2.75) is 38.2 Å². The first-order chi connectivity index (χ1) is 15.8. The SMILES string of the molecule is N#Cc1ccc(C2=CCC(C3=C(Cc4ccccc4)C(=O)NC(O)N3)CC2)c(C(F)(F)F)c1. The smallest absolute Gasteiger partial charge is 0.356 e. The molecule has 8 heteroatoms. The summed E-state index contributed by atoms with van der Waals surface area (Å²) in [4.78, 5) is 12.6. The van der Waals surface area contributed by atoms with Gasteiger partial charge in [0, 0.05) is 23.6 Å². The van der Waals surface area contributed by atoms with Crippen molar-refractivity contribution >= 4 is 11.5 Å². The van der Waals surface area contributed by atoms with Gasteiger partial charge in [0.25, 0.3) is 5.91 Å². The maximum absolute atomic E-state index is 13.6. The molecule has 5 nitrogen and oxygen atoms in total. The number of aliphatic hydroxyl groups is 1. The van der Waals surface area contributed by atoms with Crippen molar-refractivity contribution in [3.63, 3.8) is 0 Å². The van der Waals surface area contributed by atoms with E-state index in [1.165, 1.54) is 12.1 Å². The topological polar surface area (TPSA) is 85.2 Å². The van der Waals surface area contributed by atoms with E-state index in [1.54, 1.807) is 12.1 Å². The number of rotatable bonds is 4. The van der Waals surface area contributed by atoms with Crippen LogP contribution in [0.5, 0.6) is 0 Å². The number of nitriles is 1. The van der Waals surface area contributed by atoms with Crippen molar-refractivity contribution in [1.29, 1.82) is 5.26 Å². The predicted molar refractivity (Wildman–Crippen MR) is 116 cm³/mol. The maximum Gasteiger partial charge on any atom is 0.417 e. The molecule has 1 amide bonds. The van der Waals surface area contributed by atoms with Crippen LogP contribution in [0, 0.1) is 17.2 Å². The van der Waals surface area contributed by atoms with Crippen molar-refractivity contribution in [3.05, 3.63) is 88.1 Å². The van der Waals surface area contributed by atoms with Gasteiger partial charge in [0.15, 0.2) is 0 Å². The van der Waals surface area contributed by atoms with E-state index in [4.69, 9.17) is 5.26 Å². The molecule has 1 heterocycles. The Labute approximate surface area is 189 Å². The molecular formula is C25H22F3N3O2. The molecule has 3 N–H and O–H groups in total. The first-order valence-corrected chi connectivity index (χ1v) is 10.6. The number of benzene rings is 2.